The molecule has 0 bridgehead atoms. The summed E-state index contributed by atoms with van der Waals surface area (Å²) >= 11 is 0.947. The number of para-hydroxylation sites is 1. The molecule has 0 aliphatic carbocycles. The molecule has 1 unspecified atom stereocenters. The van der Waals surface area contributed by atoms with E-state index >= 15 is 0 Å². The zero-order valence-electron chi connectivity index (χ0n) is 14.3. The van der Waals surface area contributed by atoms with E-state index in [4.69, 9.17) is 4.74 Å². The molecule has 0 heterocycles. The highest BCUT2D eigenvalue weighted by atomic mass is 32.7. The highest BCUT2D eigenvalue weighted by Gasteiger charge is 2.22. The second kappa shape index (κ2) is 10.0. The normalized spacial score (nSPS) is 14.6. The van der Waals surface area contributed by atoms with E-state index in [0.29, 0.717) is 6.61 Å². The minimum Gasteiger partial charge on any atom is -0.465 e. The third kappa shape index (κ3) is 8.45. The standard InChI is InChI=1S/C16H27N2O3PS/c1-5-6-9-12-21-16(18-22(19,20)23-13(2)3)17-15-11-8-7-10-14(15)4/h7-8,10-11,13H,5-6,9,12H2,1-4H3,(H2,17,18,19,20). The van der Waals surface area contributed by atoms with Crippen molar-refractivity contribution >= 4 is 29.8 Å². The van der Waals surface area contributed by atoms with Gasteiger partial charge in [-0.15, -0.1) is 4.76 Å². The van der Waals surface area contributed by atoms with Crippen LogP contribution in [0.5, 0.6) is 0 Å². The molecule has 0 saturated carbocycles. The molecule has 1 aromatic rings. The molecule has 23 heavy (non-hydrogen) atoms. The molecule has 0 saturated heterocycles. The molecule has 0 amide bonds. The molecule has 0 aliphatic heterocycles. The molecule has 0 spiro atoms. The lowest BCUT2D eigenvalue weighted by Crippen LogP contribution is -2.17. The Hall–Kier alpha value is -0.970. The van der Waals surface area contributed by atoms with Crippen LogP contribution in [0.25, 0.3) is 0 Å². The molecule has 1 atom stereocenters. The van der Waals surface area contributed by atoms with Crippen molar-refractivity contribution in [1.82, 2.24) is 0 Å². The summed E-state index contributed by atoms with van der Waals surface area (Å²) in [6.07, 6.45) is 3.02. The van der Waals surface area contributed by atoms with Crippen molar-refractivity contribution in [1.29, 1.82) is 0 Å². The highest BCUT2D eigenvalue weighted by molar-refractivity contribution is 8.56. The summed E-state index contributed by atoms with van der Waals surface area (Å²) in [6.45, 7) is 4.57. The summed E-state index contributed by atoms with van der Waals surface area (Å²) < 4.78 is 21.8. The van der Waals surface area contributed by atoms with Crippen LogP contribution >= 0.6 is 18.1 Å². The predicted octanol–water partition coefficient (Wildman–Crippen LogP) is 5.21. The van der Waals surface area contributed by atoms with E-state index in [-0.39, 0.29) is 11.3 Å². The van der Waals surface area contributed by atoms with Crippen LogP contribution in [-0.2, 0) is 9.30 Å². The van der Waals surface area contributed by atoms with Gasteiger partial charge in [-0.05, 0) is 36.4 Å². The van der Waals surface area contributed by atoms with Gasteiger partial charge < -0.3 is 14.9 Å². The van der Waals surface area contributed by atoms with Gasteiger partial charge in [0.2, 0.25) is 0 Å². The number of amidine groups is 1. The average molecular weight is 358 g/mol. The van der Waals surface area contributed by atoms with E-state index in [1.165, 1.54) is 0 Å². The number of benzene rings is 1. The number of aryl methyl sites for hydroxylation is 1. The fourth-order valence-corrected chi connectivity index (χ4v) is 4.80. The molecule has 1 rings (SSSR count). The molecule has 0 fully saturated rings. The van der Waals surface area contributed by atoms with E-state index in [2.05, 4.69) is 17.0 Å². The zero-order chi connectivity index (χ0) is 17.3. The van der Waals surface area contributed by atoms with Gasteiger partial charge in [0, 0.05) is 10.9 Å². The van der Waals surface area contributed by atoms with Crippen molar-refractivity contribution in [3.63, 3.8) is 0 Å². The lowest BCUT2D eigenvalue weighted by molar-refractivity contribution is 0.293. The first kappa shape index (κ1) is 20.1. The first-order valence-electron chi connectivity index (χ1n) is 7.91. The molecule has 2 N–H and O–H groups in total. The first-order valence-corrected chi connectivity index (χ1v) is 11.0. The van der Waals surface area contributed by atoms with Crippen molar-refractivity contribution < 1.29 is 14.2 Å². The average Bonchev–Trinajstić information content (AvgIpc) is 2.44. The van der Waals surface area contributed by atoms with E-state index in [1.54, 1.807) is 0 Å². The second-order valence-electron chi connectivity index (χ2n) is 5.55. The topological polar surface area (TPSA) is 70.9 Å². The molecule has 0 aliphatic rings. The van der Waals surface area contributed by atoms with E-state index in [9.17, 15) is 9.46 Å². The van der Waals surface area contributed by atoms with Crippen molar-refractivity contribution in [3.05, 3.63) is 29.8 Å². The van der Waals surface area contributed by atoms with Crippen LogP contribution in [0.2, 0.25) is 0 Å². The number of rotatable bonds is 8. The number of nitrogens with one attached hydrogen (secondary N) is 1. The van der Waals surface area contributed by atoms with Crippen molar-refractivity contribution in [2.45, 2.75) is 52.2 Å². The highest BCUT2D eigenvalue weighted by Crippen LogP contribution is 2.58. The first-order chi connectivity index (χ1) is 10.8. The summed E-state index contributed by atoms with van der Waals surface area (Å²) in [5.41, 5.74) is 1.83. The molecule has 130 valence electrons. The minimum atomic E-state index is -3.70. The Labute approximate surface area is 143 Å². The second-order valence-corrected chi connectivity index (χ2v) is 9.94. The van der Waals surface area contributed by atoms with Crippen molar-refractivity contribution in [2.75, 3.05) is 11.9 Å². The van der Waals surface area contributed by atoms with E-state index < -0.39 is 6.72 Å². The Morgan fingerprint density at radius 2 is 2.09 bits per heavy atom. The summed E-state index contributed by atoms with van der Waals surface area (Å²) in [6, 6.07) is 7.78. The number of nitrogens with zero attached hydrogens (tertiary/aromatic N) is 1. The number of hydrogen-bond donors (Lipinski definition) is 2. The van der Waals surface area contributed by atoms with Crippen molar-refractivity contribution in [2.24, 2.45) is 4.76 Å². The van der Waals surface area contributed by atoms with Gasteiger partial charge in [0.05, 0.1) is 6.61 Å². The van der Waals surface area contributed by atoms with Crippen LogP contribution in [0, 0.1) is 6.92 Å². The Balaban J connectivity index is 2.88. The number of ether oxygens (including phenoxy) is 1. The Kier molecular flexibility index (Phi) is 8.74. The minimum absolute atomic E-state index is 0.00869. The maximum Gasteiger partial charge on any atom is 0.373 e. The van der Waals surface area contributed by atoms with Gasteiger partial charge in [-0.2, -0.15) is 0 Å². The summed E-state index contributed by atoms with van der Waals surface area (Å²) in [5.74, 6) is 0. The third-order valence-corrected chi connectivity index (χ3v) is 6.40. The summed E-state index contributed by atoms with van der Waals surface area (Å²) in [5, 5.41) is 3.04. The van der Waals surface area contributed by atoms with E-state index in [1.807, 2.05) is 45.0 Å². The fraction of sp³-hybridized carbons (Fsp3) is 0.562. The Bertz CT molecular complexity index is 564. The van der Waals surface area contributed by atoms with Crippen LogP contribution in [0.3, 0.4) is 0 Å². The molecule has 1 aromatic carbocycles. The van der Waals surface area contributed by atoms with E-state index in [0.717, 1.165) is 41.9 Å². The molecular weight excluding hydrogens is 331 g/mol. The third-order valence-electron chi connectivity index (χ3n) is 2.94. The summed E-state index contributed by atoms with van der Waals surface area (Å²) in [4.78, 5) is 10.0. The van der Waals surface area contributed by atoms with Gasteiger partial charge in [-0.25, -0.2) is 0 Å². The number of hydrogen-bond acceptors (Lipinski definition) is 3. The fourth-order valence-electron chi connectivity index (χ4n) is 1.85. The largest absolute Gasteiger partial charge is 0.465 e. The van der Waals surface area contributed by atoms with Gasteiger partial charge in [0.25, 0.3) is 6.02 Å². The molecule has 0 radical (unpaired) electrons. The van der Waals surface area contributed by atoms with Gasteiger partial charge >= 0.3 is 6.72 Å². The summed E-state index contributed by atoms with van der Waals surface area (Å²) in [7, 11) is 0. The lowest BCUT2D eigenvalue weighted by atomic mass is 10.2. The predicted molar refractivity (Wildman–Crippen MR) is 100 cm³/mol. The van der Waals surface area contributed by atoms with Gasteiger partial charge in [-0.3, -0.25) is 4.57 Å². The van der Waals surface area contributed by atoms with Crippen molar-refractivity contribution in [3.8, 4) is 0 Å². The lowest BCUT2D eigenvalue weighted by Gasteiger charge is -2.15. The van der Waals surface area contributed by atoms with Crippen LogP contribution in [0.15, 0.2) is 29.0 Å². The molecule has 7 heteroatoms. The van der Waals surface area contributed by atoms with Gasteiger partial charge in [0.1, 0.15) is 0 Å². The van der Waals surface area contributed by atoms with Crippen LogP contribution in [0.1, 0.15) is 45.6 Å². The maximum absolute atomic E-state index is 12.2. The quantitative estimate of drug-likeness (QED) is 0.289. The van der Waals surface area contributed by atoms with Gasteiger partial charge in [-0.1, -0.05) is 51.8 Å². The maximum atomic E-state index is 12.2. The monoisotopic (exact) mass is 358 g/mol. The molecule has 5 nitrogen and oxygen atoms in total. The SMILES string of the molecule is CCCCCO/C(=N\P(=O)(O)SC(C)C)Nc1ccccc1C. The number of anilines is 1. The van der Waals surface area contributed by atoms with Crippen LogP contribution < -0.4 is 5.32 Å². The Morgan fingerprint density at radius 1 is 1.39 bits per heavy atom. The van der Waals surface area contributed by atoms with Crippen LogP contribution in [0.4, 0.5) is 5.69 Å². The van der Waals surface area contributed by atoms with Crippen LogP contribution in [-0.4, -0.2) is 22.8 Å². The number of unbranched alkanes of at least 4 members (excludes halogenated alkanes) is 2. The molecule has 0 aromatic heterocycles. The van der Waals surface area contributed by atoms with Gasteiger partial charge in [0.15, 0.2) is 0 Å². The Morgan fingerprint density at radius 3 is 2.70 bits per heavy atom. The molecular formula is C16H27N2O3PS. The smallest absolute Gasteiger partial charge is 0.373 e. The zero-order valence-corrected chi connectivity index (χ0v) is 16.0.